The summed E-state index contributed by atoms with van der Waals surface area (Å²) in [6.07, 6.45) is 7.50. The molecule has 2 aliphatic heterocycles. The van der Waals surface area contributed by atoms with E-state index in [1.807, 2.05) is 28.5 Å². The molecule has 3 rings (SSSR count). The molecule has 2 aliphatic rings. The summed E-state index contributed by atoms with van der Waals surface area (Å²) in [6, 6.07) is 4.34. The number of thioether (sulfide) groups is 1. The van der Waals surface area contributed by atoms with Crippen LogP contribution in [0.15, 0.2) is 22.4 Å². The Labute approximate surface area is 168 Å². The van der Waals surface area contributed by atoms with Crippen LogP contribution in [-0.4, -0.2) is 45.1 Å². The number of thiocarbonyl (C=S) groups is 1. The van der Waals surface area contributed by atoms with Crippen molar-refractivity contribution in [2.75, 3.05) is 13.1 Å². The van der Waals surface area contributed by atoms with Crippen molar-refractivity contribution in [2.24, 2.45) is 0 Å². The molecule has 1 aromatic heterocycles. The minimum absolute atomic E-state index is 0.0368. The highest BCUT2D eigenvalue weighted by Crippen LogP contribution is 2.33. The van der Waals surface area contributed by atoms with Gasteiger partial charge in [0.2, 0.25) is 5.91 Å². The smallest absolute Gasteiger partial charge is 0.266 e. The summed E-state index contributed by atoms with van der Waals surface area (Å²) in [5, 5.41) is 1.99. The minimum atomic E-state index is -0.0368. The number of hydrogen-bond acceptors (Lipinski definition) is 5. The summed E-state index contributed by atoms with van der Waals surface area (Å²) in [6.45, 7) is 3.54. The summed E-state index contributed by atoms with van der Waals surface area (Å²) >= 11 is 8.32. The second kappa shape index (κ2) is 9.15. The molecule has 140 valence electrons. The van der Waals surface area contributed by atoms with Gasteiger partial charge in [-0.2, -0.15) is 0 Å². The number of likely N-dealkylation sites (tertiary alicyclic amines) is 1. The zero-order valence-corrected chi connectivity index (χ0v) is 17.4. The van der Waals surface area contributed by atoms with Gasteiger partial charge < -0.3 is 4.90 Å². The van der Waals surface area contributed by atoms with Gasteiger partial charge in [-0.15, -0.1) is 11.3 Å². The van der Waals surface area contributed by atoms with E-state index >= 15 is 0 Å². The van der Waals surface area contributed by atoms with E-state index in [2.05, 4.69) is 6.92 Å². The first-order valence-corrected chi connectivity index (χ1v) is 11.3. The standard InChI is InChI=1S/C19H24N2O2S3/c1-2-14-7-3-4-10-20(14)17(22)9-5-11-21-18(23)16(26-19(21)24)13-15-8-6-12-25-15/h6,8,12-14H,2-5,7,9-11H2,1H3. The fourth-order valence-electron chi connectivity index (χ4n) is 3.48. The van der Waals surface area contributed by atoms with Crippen molar-refractivity contribution in [3.8, 4) is 0 Å². The van der Waals surface area contributed by atoms with Crippen LogP contribution in [0, 0.1) is 0 Å². The first-order chi connectivity index (χ1) is 12.6. The van der Waals surface area contributed by atoms with Crippen molar-refractivity contribution in [3.05, 3.63) is 27.3 Å². The number of piperidine rings is 1. The third kappa shape index (κ3) is 4.56. The summed E-state index contributed by atoms with van der Waals surface area (Å²) in [5.74, 6) is 0.182. The predicted octanol–water partition coefficient (Wildman–Crippen LogP) is 4.52. The number of amides is 2. The van der Waals surface area contributed by atoms with Gasteiger partial charge in [0.15, 0.2) is 0 Å². The highest BCUT2D eigenvalue weighted by atomic mass is 32.2. The first-order valence-electron chi connectivity index (χ1n) is 9.18. The van der Waals surface area contributed by atoms with Gasteiger partial charge in [0.25, 0.3) is 5.91 Å². The van der Waals surface area contributed by atoms with E-state index in [4.69, 9.17) is 12.2 Å². The van der Waals surface area contributed by atoms with Crippen LogP contribution in [0.3, 0.4) is 0 Å². The summed E-state index contributed by atoms with van der Waals surface area (Å²) in [5.41, 5.74) is 0. The van der Waals surface area contributed by atoms with E-state index in [1.54, 1.807) is 16.2 Å². The van der Waals surface area contributed by atoms with Crippen molar-refractivity contribution < 1.29 is 9.59 Å². The molecule has 1 atom stereocenters. The lowest BCUT2D eigenvalue weighted by molar-refractivity contribution is -0.135. The number of nitrogens with zero attached hydrogens (tertiary/aromatic N) is 2. The fraction of sp³-hybridized carbons (Fsp3) is 0.526. The molecule has 2 saturated heterocycles. The van der Waals surface area contributed by atoms with E-state index in [1.165, 1.54) is 18.2 Å². The largest absolute Gasteiger partial charge is 0.340 e. The average Bonchev–Trinajstić information content (AvgIpc) is 3.25. The van der Waals surface area contributed by atoms with Crippen LogP contribution >= 0.6 is 35.3 Å². The molecule has 0 bridgehead atoms. The third-order valence-electron chi connectivity index (χ3n) is 4.88. The second-order valence-corrected chi connectivity index (χ2v) is 9.25. The van der Waals surface area contributed by atoms with Crippen molar-refractivity contribution in [1.82, 2.24) is 9.80 Å². The zero-order chi connectivity index (χ0) is 18.5. The van der Waals surface area contributed by atoms with E-state index < -0.39 is 0 Å². The fourth-order valence-corrected chi connectivity index (χ4v) is 5.51. The Kier molecular flexibility index (Phi) is 6.89. The van der Waals surface area contributed by atoms with Gasteiger partial charge in [-0.05, 0) is 49.6 Å². The Morgan fingerprint density at radius 1 is 1.42 bits per heavy atom. The molecule has 0 saturated carbocycles. The monoisotopic (exact) mass is 408 g/mol. The molecule has 2 amide bonds. The Bertz CT molecular complexity index is 700. The molecule has 0 radical (unpaired) electrons. The van der Waals surface area contributed by atoms with Crippen LogP contribution in [0.2, 0.25) is 0 Å². The maximum absolute atomic E-state index is 12.6. The van der Waals surface area contributed by atoms with Gasteiger partial charge in [-0.3, -0.25) is 14.5 Å². The Balaban J connectivity index is 1.52. The molecule has 0 spiro atoms. The molecule has 1 aromatic rings. The van der Waals surface area contributed by atoms with Gasteiger partial charge in [-0.1, -0.05) is 37.0 Å². The van der Waals surface area contributed by atoms with Crippen LogP contribution in [-0.2, 0) is 9.59 Å². The molecule has 3 heterocycles. The molecule has 2 fully saturated rings. The van der Waals surface area contributed by atoms with Crippen molar-refractivity contribution in [1.29, 1.82) is 0 Å². The van der Waals surface area contributed by atoms with Gasteiger partial charge in [-0.25, -0.2) is 0 Å². The first kappa shape index (κ1) is 19.6. The van der Waals surface area contributed by atoms with Gasteiger partial charge in [0.05, 0.1) is 4.91 Å². The molecule has 0 aliphatic carbocycles. The zero-order valence-electron chi connectivity index (χ0n) is 15.0. The molecule has 0 N–H and O–H groups in total. The Hall–Kier alpha value is -1.18. The number of hydrogen-bond donors (Lipinski definition) is 0. The SMILES string of the molecule is CCC1CCCCN1C(=O)CCCN1C(=O)C(=Cc2cccs2)SC1=S. The van der Waals surface area contributed by atoms with Crippen LogP contribution in [0.5, 0.6) is 0 Å². The van der Waals surface area contributed by atoms with Gasteiger partial charge in [0.1, 0.15) is 4.32 Å². The van der Waals surface area contributed by atoms with E-state index in [0.29, 0.717) is 34.7 Å². The van der Waals surface area contributed by atoms with Crippen molar-refractivity contribution in [2.45, 2.75) is 51.5 Å². The van der Waals surface area contributed by atoms with Crippen LogP contribution in [0.4, 0.5) is 0 Å². The van der Waals surface area contributed by atoms with Gasteiger partial charge in [0, 0.05) is 30.4 Å². The Morgan fingerprint density at radius 3 is 3.00 bits per heavy atom. The van der Waals surface area contributed by atoms with E-state index in [-0.39, 0.29) is 11.8 Å². The number of rotatable bonds is 6. The molecule has 4 nitrogen and oxygen atoms in total. The topological polar surface area (TPSA) is 40.6 Å². The minimum Gasteiger partial charge on any atom is -0.340 e. The van der Waals surface area contributed by atoms with Crippen LogP contribution in [0.1, 0.15) is 50.3 Å². The molecule has 7 heteroatoms. The van der Waals surface area contributed by atoms with Crippen molar-refractivity contribution in [3.63, 3.8) is 0 Å². The van der Waals surface area contributed by atoms with E-state index in [0.717, 1.165) is 30.7 Å². The highest BCUT2D eigenvalue weighted by Gasteiger charge is 2.32. The normalized spacial score (nSPS) is 22.5. The third-order valence-corrected chi connectivity index (χ3v) is 7.08. The molecular formula is C19H24N2O2S3. The van der Waals surface area contributed by atoms with E-state index in [9.17, 15) is 9.59 Å². The molecular weight excluding hydrogens is 384 g/mol. The number of carbonyl (C=O) groups is 2. The maximum atomic E-state index is 12.6. The molecule has 1 unspecified atom stereocenters. The van der Waals surface area contributed by atoms with Gasteiger partial charge >= 0.3 is 0 Å². The number of carbonyl (C=O) groups excluding carboxylic acids is 2. The molecule has 0 aromatic carbocycles. The lowest BCUT2D eigenvalue weighted by Gasteiger charge is -2.35. The van der Waals surface area contributed by atoms with Crippen molar-refractivity contribution >= 4 is 57.5 Å². The van der Waals surface area contributed by atoms with Crippen LogP contribution < -0.4 is 0 Å². The average molecular weight is 409 g/mol. The predicted molar refractivity (Wildman–Crippen MR) is 113 cm³/mol. The van der Waals surface area contributed by atoms with Crippen LogP contribution in [0.25, 0.3) is 6.08 Å². The quantitative estimate of drug-likeness (QED) is 0.513. The summed E-state index contributed by atoms with van der Waals surface area (Å²) in [4.78, 5) is 30.5. The maximum Gasteiger partial charge on any atom is 0.266 e. The lowest BCUT2D eigenvalue weighted by atomic mass is 9.99. The lowest BCUT2D eigenvalue weighted by Crippen LogP contribution is -2.43. The highest BCUT2D eigenvalue weighted by molar-refractivity contribution is 8.26. The second-order valence-electron chi connectivity index (χ2n) is 6.60. The molecule has 26 heavy (non-hydrogen) atoms. The summed E-state index contributed by atoms with van der Waals surface area (Å²) < 4.78 is 0.592. The Morgan fingerprint density at radius 2 is 2.27 bits per heavy atom. The number of thiophene rings is 1. The summed E-state index contributed by atoms with van der Waals surface area (Å²) in [7, 11) is 0.